The van der Waals surface area contributed by atoms with Gasteiger partial charge in [-0.05, 0) is 32.8 Å². The Morgan fingerprint density at radius 1 is 1.11 bits per heavy atom. The van der Waals surface area contributed by atoms with Gasteiger partial charge in [0.15, 0.2) is 0 Å². The van der Waals surface area contributed by atoms with Gasteiger partial charge in [-0.3, -0.25) is 4.79 Å². The summed E-state index contributed by atoms with van der Waals surface area (Å²) in [6.45, 7) is 4.71. The van der Waals surface area contributed by atoms with Crippen LogP contribution in [0.25, 0.3) is 0 Å². The number of methoxy groups -OCH3 is 1. The van der Waals surface area contributed by atoms with E-state index < -0.39 is 33.9 Å². The number of carbonyl (C=O) groups is 2. The molecule has 1 amide bonds. The lowest BCUT2D eigenvalue weighted by Gasteiger charge is -2.32. The van der Waals surface area contributed by atoms with Gasteiger partial charge in [-0.1, -0.05) is 42.5 Å². The fourth-order valence-corrected chi connectivity index (χ4v) is 4.22. The van der Waals surface area contributed by atoms with Crippen molar-refractivity contribution >= 4 is 22.3 Å². The van der Waals surface area contributed by atoms with Crippen LogP contribution in [0.2, 0.25) is 0 Å². The molecule has 8 nitrogen and oxygen atoms in total. The van der Waals surface area contributed by atoms with Gasteiger partial charge in [0.05, 0.1) is 13.7 Å². The van der Waals surface area contributed by atoms with Crippen molar-refractivity contribution < 1.29 is 27.5 Å². The van der Waals surface area contributed by atoms with Gasteiger partial charge in [-0.25, -0.2) is 4.79 Å². The number of benzene rings is 1. The summed E-state index contributed by atoms with van der Waals surface area (Å²) in [5, 5.41) is 0. The smallest absolute Gasteiger partial charge is 0.425 e. The van der Waals surface area contributed by atoms with Gasteiger partial charge in [-0.15, -0.1) is 0 Å². The molecule has 1 heterocycles. The first-order chi connectivity index (χ1) is 13.1. The Balaban J connectivity index is 2.39. The van der Waals surface area contributed by atoms with E-state index in [1.54, 1.807) is 57.2 Å². The van der Waals surface area contributed by atoms with Gasteiger partial charge < -0.3 is 9.47 Å². The molecule has 0 aromatic heterocycles. The number of hydrogen-bond acceptors (Lipinski definition) is 6. The number of esters is 1. The SMILES string of the molecule is COC(=O)[C@H](Cc1ccccc1)N1CC=CCN(C(=O)OC(C)(C)C)S1(=O)=O. The summed E-state index contributed by atoms with van der Waals surface area (Å²) in [5.74, 6) is -0.702. The maximum absolute atomic E-state index is 13.2. The minimum absolute atomic E-state index is 0.0613. The van der Waals surface area contributed by atoms with Crippen molar-refractivity contribution in [3.8, 4) is 0 Å². The molecule has 1 aromatic rings. The van der Waals surface area contributed by atoms with Crippen molar-refractivity contribution in [1.82, 2.24) is 8.61 Å². The Morgan fingerprint density at radius 3 is 2.29 bits per heavy atom. The monoisotopic (exact) mass is 410 g/mol. The standard InChI is InChI=1S/C19H26N2O6S/c1-19(2,3)27-18(23)21-13-9-8-12-20(28(21,24)25)16(17(22)26-4)14-15-10-6-5-7-11-15/h5-11,16H,12-14H2,1-4H3/t16-/m0/s1. The van der Waals surface area contributed by atoms with Crippen molar-refractivity contribution in [2.24, 2.45) is 0 Å². The molecule has 0 radical (unpaired) electrons. The van der Waals surface area contributed by atoms with Crippen LogP contribution in [0.3, 0.4) is 0 Å². The third-order valence-corrected chi connectivity index (χ3v) is 5.84. The molecular formula is C19H26N2O6S. The predicted octanol–water partition coefficient (Wildman–Crippen LogP) is 2.12. The second kappa shape index (κ2) is 8.74. The quantitative estimate of drug-likeness (QED) is 0.558. The summed E-state index contributed by atoms with van der Waals surface area (Å²) in [4.78, 5) is 24.9. The van der Waals surface area contributed by atoms with Gasteiger partial charge >= 0.3 is 22.3 Å². The second-order valence-electron chi connectivity index (χ2n) is 7.29. The summed E-state index contributed by atoms with van der Waals surface area (Å²) in [6, 6.07) is 7.89. The summed E-state index contributed by atoms with van der Waals surface area (Å²) in [6.07, 6.45) is 2.27. The normalized spacial score (nSPS) is 18.2. The molecule has 9 heteroatoms. The number of carbonyl (C=O) groups excluding carboxylic acids is 2. The number of nitrogens with zero attached hydrogens (tertiary/aromatic N) is 2. The van der Waals surface area contributed by atoms with Gasteiger partial charge in [-0.2, -0.15) is 17.0 Å². The maximum atomic E-state index is 13.2. The summed E-state index contributed by atoms with van der Waals surface area (Å²) in [5.41, 5.74) is -0.0932. The first-order valence-electron chi connectivity index (χ1n) is 8.85. The van der Waals surface area contributed by atoms with E-state index in [2.05, 4.69) is 0 Å². The topological polar surface area (TPSA) is 93.2 Å². The molecule has 2 rings (SSSR count). The van der Waals surface area contributed by atoms with E-state index >= 15 is 0 Å². The van der Waals surface area contributed by atoms with Crippen molar-refractivity contribution in [3.05, 3.63) is 48.0 Å². The summed E-state index contributed by atoms with van der Waals surface area (Å²) < 4.78 is 38.1. The van der Waals surface area contributed by atoms with Gasteiger partial charge in [0.1, 0.15) is 11.6 Å². The zero-order valence-electron chi connectivity index (χ0n) is 16.5. The molecule has 28 heavy (non-hydrogen) atoms. The lowest BCUT2D eigenvalue weighted by molar-refractivity contribution is -0.145. The molecular weight excluding hydrogens is 384 g/mol. The van der Waals surface area contributed by atoms with Crippen LogP contribution in [0.5, 0.6) is 0 Å². The molecule has 0 N–H and O–H groups in total. The van der Waals surface area contributed by atoms with Gasteiger partial charge in [0.25, 0.3) is 0 Å². The van der Waals surface area contributed by atoms with Crippen LogP contribution >= 0.6 is 0 Å². The fraction of sp³-hybridized carbons (Fsp3) is 0.474. The lowest BCUT2D eigenvalue weighted by atomic mass is 10.1. The van der Waals surface area contributed by atoms with Crippen LogP contribution < -0.4 is 0 Å². The Labute approximate surface area is 165 Å². The predicted molar refractivity (Wildman–Crippen MR) is 104 cm³/mol. The molecule has 0 bridgehead atoms. The van der Waals surface area contributed by atoms with E-state index in [1.165, 1.54) is 7.11 Å². The van der Waals surface area contributed by atoms with Crippen LogP contribution in [0.15, 0.2) is 42.5 Å². The van der Waals surface area contributed by atoms with Crippen LogP contribution in [0, 0.1) is 0 Å². The van der Waals surface area contributed by atoms with Crippen LogP contribution in [0.1, 0.15) is 26.3 Å². The van der Waals surface area contributed by atoms with E-state index in [0.717, 1.165) is 9.87 Å². The number of ether oxygens (including phenoxy) is 2. The molecule has 0 unspecified atom stereocenters. The van der Waals surface area contributed by atoms with Gasteiger partial charge in [0, 0.05) is 6.54 Å². The fourth-order valence-electron chi connectivity index (χ4n) is 2.71. The Bertz CT molecular complexity index is 830. The van der Waals surface area contributed by atoms with Crippen LogP contribution in [-0.2, 0) is 30.9 Å². The molecule has 154 valence electrons. The third-order valence-electron chi connectivity index (χ3n) is 3.99. The average Bonchev–Trinajstić information content (AvgIpc) is 2.76. The molecule has 1 aliphatic heterocycles. The molecule has 0 fully saturated rings. The van der Waals surface area contributed by atoms with Crippen LogP contribution in [0.4, 0.5) is 4.79 Å². The van der Waals surface area contributed by atoms with Crippen molar-refractivity contribution in [1.29, 1.82) is 0 Å². The van der Waals surface area contributed by atoms with E-state index in [4.69, 9.17) is 9.47 Å². The lowest BCUT2D eigenvalue weighted by Crippen LogP contribution is -2.53. The maximum Gasteiger partial charge on any atom is 0.425 e. The molecule has 0 saturated heterocycles. The molecule has 1 aliphatic rings. The molecule has 0 aliphatic carbocycles. The number of amides is 1. The highest BCUT2D eigenvalue weighted by Crippen LogP contribution is 2.22. The zero-order valence-corrected chi connectivity index (χ0v) is 17.3. The zero-order chi connectivity index (χ0) is 20.9. The number of rotatable bonds is 4. The van der Waals surface area contributed by atoms with E-state index in [9.17, 15) is 18.0 Å². The molecule has 0 saturated carbocycles. The Morgan fingerprint density at radius 2 is 1.71 bits per heavy atom. The van der Waals surface area contributed by atoms with Crippen molar-refractivity contribution in [3.63, 3.8) is 0 Å². The third kappa shape index (κ3) is 5.32. The first-order valence-corrected chi connectivity index (χ1v) is 10.2. The van der Waals surface area contributed by atoms with E-state index in [0.29, 0.717) is 4.31 Å². The highest BCUT2D eigenvalue weighted by molar-refractivity contribution is 7.87. The Kier molecular flexibility index (Phi) is 6.84. The number of hydrogen-bond donors (Lipinski definition) is 0. The van der Waals surface area contributed by atoms with E-state index in [1.807, 2.05) is 6.07 Å². The Hall–Kier alpha value is -2.39. The first kappa shape index (κ1) is 21.9. The second-order valence-corrected chi connectivity index (χ2v) is 9.09. The van der Waals surface area contributed by atoms with Crippen molar-refractivity contribution in [2.45, 2.75) is 38.8 Å². The van der Waals surface area contributed by atoms with E-state index in [-0.39, 0.29) is 19.5 Å². The highest BCUT2D eigenvalue weighted by atomic mass is 32.2. The molecule has 0 spiro atoms. The van der Waals surface area contributed by atoms with Crippen molar-refractivity contribution in [2.75, 3.05) is 20.2 Å². The van der Waals surface area contributed by atoms with Gasteiger partial charge in [0.2, 0.25) is 0 Å². The highest BCUT2D eigenvalue weighted by Gasteiger charge is 2.42. The summed E-state index contributed by atoms with van der Waals surface area (Å²) in [7, 11) is -3.12. The van der Waals surface area contributed by atoms with Crippen LogP contribution in [-0.4, -0.2) is 60.9 Å². The minimum atomic E-state index is -4.32. The largest absolute Gasteiger partial charge is 0.468 e. The molecule has 1 aromatic carbocycles. The average molecular weight is 410 g/mol. The minimum Gasteiger partial charge on any atom is -0.468 e. The summed E-state index contributed by atoms with van der Waals surface area (Å²) >= 11 is 0. The molecule has 1 atom stereocenters.